The molecule has 3 aliphatic rings. The molecular weight excluding hydrogens is 249 g/mol. The second-order valence-electron chi connectivity index (χ2n) is 4.64. The van der Waals surface area contributed by atoms with Crippen molar-refractivity contribution in [3.63, 3.8) is 0 Å². The molecule has 1 spiro atoms. The van der Waals surface area contributed by atoms with Crippen LogP contribution in [0.2, 0.25) is 0 Å². The summed E-state index contributed by atoms with van der Waals surface area (Å²) in [6.45, 7) is 2.28. The Balaban J connectivity index is 2.06. The van der Waals surface area contributed by atoms with E-state index in [4.69, 9.17) is 4.74 Å². The molecule has 0 aromatic heterocycles. The number of allylic oxidation sites excluding steroid dienone is 1. The van der Waals surface area contributed by atoms with Crippen LogP contribution in [0.1, 0.15) is 39.0 Å². The molecule has 1 saturated heterocycles. The number of epoxide rings is 1. The Labute approximate surface area is 88.7 Å². The number of hydrogen-bond acceptors (Lipinski definition) is 1. The van der Waals surface area contributed by atoms with Crippen LogP contribution in [0.3, 0.4) is 0 Å². The summed E-state index contributed by atoms with van der Waals surface area (Å²) in [5.74, 6) is 0. The first-order valence-corrected chi connectivity index (χ1v) is 5.95. The fraction of sp³-hybridized carbons (Fsp3) is 0.727. The van der Waals surface area contributed by atoms with Gasteiger partial charge in [0.25, 0.3) is 0 Å². The zero-order chi connectivity index (χ0) is 9.10. The Morgan fingerprint density at radius 1 is 1.46 bits per heavy atom. The summed E-state index contributed by atoms with van der Waals surface area (Å²) in [6.07, 6.45) is 8.70. The van der Waals surface area contributed by atoms with Gasteiger partial charge in [-0.2, -0.15) is 0 Å². The normalized spacial score (nSPS) is 47.8. The molecule has 2 heteroatoms. The van der Waals surface area contributed by atoms with Crippen LogP contribution in [0.4, 0.5) is 0 Å². The van der Waals surface area contributed by atoms with Crippen LogP contribution in [0.5, 0.6) is 0 Å². The van der Waals surface area contributed by atoms with Gasteiger partial charge in [-0.3, -0.25) is 0 Å². The van der Waals surface area contributed by atoms with E-state index in [1.807, 2.05) is 0 Å². The third kappa shape index (κ3) is 0.967. The molecule has 0 aromatic rings. The Morgan fingerprint density at radius 2 is 2.31 bits per heavy atom. The fourth-order valence-corrected chi connectivity index (χ4v) is 3.94. The molecule has 0 radical (unpaired) electrons. The van der Waals surface area contributed by atoms with Gasteiger partial charge in [0.05, 0.1) is 0 Å². The van der Waals surface area contributed by atoms with Crippen LogP contribution in [-0.4, -0.2) is 15.3 Å². The van der Waals surface area contributed by atoms with Crippen molar-refractivity contribution >= 4 is 4.11 Å². The summed E-state index contributed by atoms with van der Waals surface area (Å²) in [4.78, 5) is 0. The van der Waals surface area contributed by atoms with Crippen LogP contribution in [0.25, 0.3) is 0 Å². The van der Waals surface area contributed by atoms with Gasteiger partial charge in [-0.15, -0.1) is 0 Å². The maximum absolute atomic E-state index is 6.03. The Morgan fingerprint density at radius 3 is 3.15 bits per heavy atom. The molecule has 0 aromatic carbocycles. The van der Waals surface area contributed by atoms with Crippen LogP contribution in [0.15, 0.2) is 11.6 Å². The van der Waals surface area contributed by atoms with Gasteiger partial charge in [0, 0.05) is 0 Å². The van der Waals surface area contributed by atoms with Gasteiger partial charge in [-0.1, -0.05) is 0 Å². The van der Waals surface area contributed by atoms with Crippen molar-refractivity contribution in [1.82, 2.24) is 0 Å². The van der Waals surface area contributed by atoms with Crippen molar-refractivity contribution in [2.24, 2.45) is 0 Å². The van der Waals surface area contributed by atoms with E-state index < -0.39 is 0 Å². The second kappa shape index (κ2) is 2.41. The summed E-state index contributed by atoms with van der Waals surface area (Å²) in [5.41, 5.74) is 1.92. The summed E-state index contributed by atoms with van der Waals surface area (Å²) in [5, 5.41) is 0. The summed E-state index contributed by atoms with van der Waals surface area (Å²) in [6, 6.07) is 0. The molecule has 0 amide bonds. The first kappa shape index (κ1) is 8.50. The minimum atomic E-state index is 0.165. The topological polar surface area (TPSA) is 12.5 Å². The minimum absolute atomic E-state index is 0.165. The molecule has 1 heterocycles. The van der Waals surface area contributed by atoms with Crippen LogP contribution < -0.4 is 0 Å². The van der Waals surface area contributed by atoms with Gasteiger partial charge < -0.3 is 0 Å². The quantitative estimate of drug-likeness (QED) is 0.482. The number of rotatable bonds is 0. The average Bonchev–Trinajstić information content (AvgIpc) is 2.64. The molecule has 13 heavy (non-hydrogen) atoms. The van der Waals surface area contributed by atoms with Crippen LogP contribution in [0, 0.1) is 0 Å². The Bertz CT molecular complexity index is 316. The first-order valence-electron chi connectivity index (χ1n) is 5.08. The molecule has 71 valence electrons. The molecular formula is C11H14ORu+. The van der Waals surface area contributed by atoms with E-state index in [1.54, 1.807) is 5.57 Å². The van der Waals surface area contributed by atoms with Gasteiger partial charge in [-0.05, 0) is 0 Å². The third-order valence-electron chi connectivity index (χ3n) is 3.78. The van der Waals surface area contributed by atoms with E-state index >= 15 is 0 Å². The van der Waals surface area contributed by atoms with Crippen molar-refractivity contribution in [3.05, 3.63) is 11.6 Å². The predicted octanol–water partition coefficient (Wildman–Crippen LogP) is 2.14. The zero-order valence-corrected chi connectivity index (χ0v) is 9.61. The Kier molecular flexibility index (Phi) is 1.57. The van der Waals surface area contributed by atoms with Gasteiger partial charge in [0.2, 0.25) is 0 Å². The molecule has 1 aliphatic heterocycles. The Hall–Kier alpha value is 0.193. The monoisotopic (exact) mass is 264 g/mol. The van der Waals surface area contributed by atoms with Gasteiger partial charge in [0.15, 0.2) is 0 Å². The summed E-state index contributed by atoms with van der Waals surface area (Å²) < 4.78 is 7.46. The van der Waals surface area contributed by atoms with E-state index in [0.29, 0.717) is 0 Å². The van der Waals surface area contributed by atoms with Crippen molar-refractivity contribution in [3.8, 4) is 0 Å². The van der Waals surface area contributed by atoms with Crippen molar-refractivity contribution in [1.29, 1.82) is 0 Å². The predicted molar refractivity (Wildman–Crippen MR) is 48.4 cm³/mol. The van der Waals surface area contributed by atoms with Crippen molar-refractivity contribution < 1.29 is 22.6 Å². The van der Waals surface area contributed by atoms with Crippen LogP contribution >= 0.6 is 0 Å². The molecule has 0 bridgehead atoms. The van der Waals surface area contributed by atoms with E-state index in [-0.39, 0.29) is 11.2 Å². The summed E-state index contributed by atoms with van der Waals surface area (Å²) >= 11 is 2.75. The molecule has 2 unspecified atom stereocenters. The molecule has 2 fully saturated rings. The molecule has 1 saturated carbocycles. The van der Waals surface area contributed by atoms with Crippen molar-refractivity contribution in [2.45, 2.75) is 50.2 Å². The average molecular weight is 263 g/mol. The number of ether oxygens (including phenoxy) is 1. The molecule has 0 N–H and O–H groups in total. The molecule has 2 atom stereocenters. The van der Waals surface area contributed by atoms with Crippen molar-refractivity contribution in [2.75, 3.05) is 0 Å². The van der Waals surface area contributed by atoms with E-state index in [9.17, 15) is 0 Å². The molecule has 2 aliphatic carbocycles. The molecule has 3 rings (SSSR count). The van der Waals surface area contributed by atoms with Crippen LogP contribution in [-0.2, 0) is 22.6 Å². The molecule has 1 nitrogen and oxygen atoms in total. The fourth-order valence-electron chi connectivity index (χ4n) is 3.05. The standard InChI is InChI=1S/C11H14O.Ru/c1-10-7-4-6-9-5-2-3-8-11(9,10)12-10;/h6H,2-3,5,7-8H2,1H3;/q;+1. The second-order valence-corrected chi connectivity index (χ2v) is 5.76. The van der Waals surface area contributed by atoms with Gasteiger partial charge >= 0.3 is 88.6 Å². The van der Waals surface area contributed by atoms with E-state index in [0.717, 1.165) is 6.42 Å². The van der Waals surface area contributed by atoms with E-state index in [1.165, 1.54) is 29.8 Å². The SMILES string of the molecule is CC12C[C](=[Ru+])C=C3CCCCC31O2. The van der Waals surface area contributed by atoms with Gasteiger partial charge in [-0.25, -0.2) is 0 Å². The first-order chi connectivity index (χ1) is 6.16. The maximum atomic E-state index is 6.03. The van der Waals surface area contributed by atoms with E-state index in [2.05, 4.69) is 30.9 Å². The number of hydrogen-bond donors (Lipinski definition) is 0. The summed E-state index contributed by atoms with van der Waals surface area (Å²) in [7, 11) is 0. The van der Waals surface area contributed by atoms with Gasteiger partial charge in [0.1, 0.15) is 0 Å². The zero-order valence-electron chi connectivity index (χ0n) is 7.87. The third-order valence-corrected chi connectivity index (χ3v) is 4.34.